The largest absolute Gasteiger partial charge is 0.493 e. The van der Waals surface area contributed by atoms with E-state index in [2.05, 4.69) is 43.4 Å². The number of aromatic nitrogens is 4. The van der Waals surface area contributed by atoms with Crippen LogP contribution in [0.15, 0.2) is 29.3 Å². The summed E-state index contributed by atoms with van der Waals surface area (Å²) in [6.07, 6.45) is 1.73. The Bertz CT molecular complexity index is 629. The average molecular weight is 354 g/mol. The van der Waals surface area contributed by atoms with Crippen LogP contribution in [0, 0.1) is 0 Å². The second-order valence-electron chi connectivity index (χ2n) is 4.14. The number of anilines is 1. The van der Waals surface area contributed by atoms with Crippen molar-refractivity contribution in [3.63, 3.8) is 0 Å². The van der Waals surface area contributed by atoms with E-state index in [1.54, 1.807) is 25.0 Å². The Kier molecular flexibility index (Phi) is 5.15. The third-order valence-corrected chi connectivity index (χ3v) is 3.37. The molecule has 1 N–H and O–H groups in total. The molecular weight excluding hydrogens is 338 g/mol. The average Bonchev–Trinajstić information content (AvgIpc) is 2.92. The summed E-state index contributed by atoms with van der Waals surface area (Å²) in [7, 11) is 3.20. The first-order chi connectivity index (χ1) is 10.2. The van der Waals surface area contributed by atoms with Gasteiger partial charge in [0, 0.05) is 6.54 Å². The summed E-state index contributed by atoms with van der Waals surface area (Å²) >= 11 is 3.47. The predicted octanol–water partition coefficient (Wildman–Crippen LogP) is 2.25. The minimum Gasteiger partial charge on any atom is -0.493 e. The summed E-state index contributed by atoms with van der Waals surface area (Å²) in [6.45, 7) is 4.77. The van der Waals surface area contributed by atoms with Gasteiger partial charge in [-0.3, -0.25) is 0 Å². The molecule has 0 atom stereocenters. The third-order valence-electron chi connectivity index (χ3n) is 2.78. The maximum absolute atomic E-state index is 5.32. The number of nitrogens with zero attached hydrogens (tertiary/aromatic N) is 4. The third kappa shape index (κ3) is 3.52. The molecule has 1 aromatic carbocycles. The monoisotopic (exact) mass is 353 g/mol. The van der Waals surface area contributed by atoms with Gasteiger partial charge in [0.05, 0.1) is 25.2 Å². The van der Waals surface area contributed by atoms with Crippen LogP contribution in [0.4, 0.5) is 5.95 Å². The van der Waals surface area contributed by atoms with Crippen LogP contribution in [-0.2, 0) is 13.1 Å². The van der Waals surface area contributed by atoms with Crippen LogP contribution in [0.5, 0.6) is 11.5 Å². The minimum absolute atomic E-state index is 0.547. The van der Waals surface area contributed by atoms with E-state index in [0.717, 1.165) is 10.0 Å². The van der Waals surface area contributed by atoms with Crippen molar-refractivity contribution < 1.29 is 9.47 Å². The van der Waals surface area contributed by atoms with E-state index in [1.807, 2.05) is 12.1 Å². The van der Waals surface area contributed by atoms with Gasteiger partial charge in [0.2, 0.25) is 5.95 Å². The first-order valence-corrected chi connectivity index (χ1v) is 7.00. The fraction of sp³-hybridized carbons (Fsp3) is 0.308. The fourth-order valence-corrected chi connectivity index (χ4v) is 2.48. The highest BCUT2D eigenvalue weighted by Gasteiger charge is 2.11. The molecular formula is C13H16BrN5O2. The Morgan fingerprint density at radius 2 is 2.19 bits per heavy atom. The maximum atomic E-state index is 5.32. The lowest BCUT2D eigenvalue weighted by Gasteiger charge is -2.12. The number of hydrogen-bond donors (Lipinski definition) is 1. The van der Waals surface area contributed by atoms with Crippen molar-refractivity contribution in [3.05, 3.63) is 34.8 Å². The summed E-state index contributed by atoms with van der Waals surface area (Å²) in [4.78, 5) is 0. The van der Waals surface area contributed by atoms with Crippen LogP contribution < -0.4 is 14.8 Å². The number of ether oxygens (including phenoxy) is 2. The molecule has 0 bridgehead atoms. The van der Waals surface area contributed by atoms with Crippen molar-refractivity contribution in [1.82, 2.24) is 20.2 Å². The number of tetrazole rings is 1. The Morgan fingerprint density at radius 1 is 1.38 bits per heavy atom. The van der Waals surface area contributed by atoms with Gasteiger partial charge in [0.25, 0.3) is 0 Å². The zero-order valence-electron chi connectivity index (χ0n) is 11.8. The molecule has 112 valence electrons. The highest BCUT2D eigenvalue weighted by Crippen LogP contribution is 2.36. The van der Waals surface area contributed by atoms with E-state index in [1.165, 1.54) is 0 Å². The van der Waals surface area contributed by atoms with Gasteiger partial charge in [-0.15, -0.1) is 6.58 Å². The second-order valence-corrected chi connectivity index (χ2v) is 4.99. The standard InChI is InChI=1S/C13H16BrN5O2/c1-4-5-19-13(16-17-18-19)15-8-9-6-10(14)12(21-3)11(7-9)20-2/h4,6-7H,1,5,8H2,2-3H3,(H,15,16,18). The Morgan fingerprint density at radius 3 is 2.86 bits per heavy atom. The summed E-state index contributed by atoms with van der Waals surface area (Å²) in [6, 6.07) is 3.86. The molecule has 0 unspecified atom stereocenters. The van der Waals surface area contributed by atoms with Crippen molar-refractivity contribution >= 4 is 21.9 Å². The molecule has 0 aliphatic carbocycles. The molecule has 7 nitrogen and oxygen atoms in total. The molecule has 0 radical (unpaired) electrons. The molecule has 21 heavy (non-hydrogen) atoms. The number of hydrogen-bond acceptors (Lipinski definition) is 6. The normalized spacial score (nSPS) is 10.2. The van der Waals surface area contributed by atoms with Crippen molar-refractivity contribution in [1.29, 1.82) is 0 Å². The Balaban J connectivity index is 2.14. The topological polar surface area (TPSA) is 74.1 Å². The number of methoxy groups -OCH3 is 2. The lowest BCUT2D eigenvalue weighted by atomic mass is 10.2. The molecule has 8 heteroatoms. The van der Waals surface area contributed by atoms with E-state index < -0.39 is 0 Å². The Hall–Kier alpha value is -2.09. The molecule has 0 saturated heterocycles. The van der Waals surface area contributed by atoms with Crippen molar-refractivity contribution in [2.45, 2.75) is 13.1 Å². The van der Waals surface area contributed by atoms with Crippen LogP contribution in [0.25, 0.3) is 0 Å². The molecule has 0 saturated carbocycles. The summed E-state index contributed by atoms with van der Waals surface area (Å²) in [5, 5.41) is 14.6. The molecule has 0 spiro atoms. The second kappa shape index (κ2) is 7.07. The van der Waals surface area contributed by atoms with E-state index in [-0.39, 0.29) is 0 Å². The number of benzene rings is 1. The van der Waals surface area contributed by atoms with Gasteiger partial charge in [-0.2, -0.15) is 0 Å². The molecule has 2 rings (SSSR count). The van der Waals surface area contributed by atoms with E-state index in [0.29, 0.717) is 30.5 Å². The first-order valence-electron chi connectivity index (χ1n) is 6.21. The molecule has 0 aliphatic heterocycles. The molecule has 0 amide bonds. The van der Waals surface area contributed by atoms with E-state index in [4.69, 9.17) is 9.47 Å². The summed E-state index contributed by atoms with van der Waals surface area (Å²) in [5.74, 6) is 1.91. The van der Waals surface area contributed by atoms with Gasteiger partial charge in [0.15, 0.2) is 11.5 Å². The van der Waals surface area contributed by atoms with Gasteiger partial charge in [0.1, 0.15) is 0 Å². The smallest absolute Gasteiger partial charge is 0.243 e. The summed E-state index contributed by atoms with van der Waals surface area (Å²) in [5.41, 5.74) is 1.01. The number of halogens is 1. The molecule has 0 aliphatic rings. The van der Waals surface area contributed by atoms with Gasteiger partial charge >= 0.3 is 0 Å². The van der Waals surface area contributed by atoms with E-state index in [9.17, 15) is 0 Å². The zero-order chi connectivity index (χ0) is 15.2. The predicted molar refractivity (Wildman–Crippen MR) is 82.6 cm³/mol. The summed E-state index contributed by atoms with van der Waals surface area (Å²) < 4.78 is 13.1. The van der Waals surface area contributed by atoms with Crippen LogP contribution in [0.3, 0.4) is 0 Å². The van der Waals surface area contributed by atoms with Gasteiger partial charge in [-0.25, -0.2) is 4.68 Å². The number of nitrogens with one attached hydrogen (secondary N) is 1. The molecule has 2 aromatic rings. The van der Waals surface area contributed by atoms with Crippen LogP contribution >= 0.6 is 15.9 Å². The van der Waals surface area contributed by atoms with Crippen LogP contribution in [0.2, 0.25) is 0 Å². The molecule has 1 aromatic heterocycles. The van der Waals surface area contributed by atoms with Crippen LogP contribution in [0.1, 0.15) is 5.56 Å². The first kappa shape index (κ1) is 15.3. The maximum Gasteiger partial charge on any atom is 0.243 e. The SMILES string of the molecule is C=CCn1nnnc1NCc1cc(Br)c(OC)c(OC)c1. The quantitative estimate of drug-likeness (QED) is 0.769. The molecule has 0 fully saturated rings. The van der Waals surface area contributed by atoms with E-state index >= 15 is 0 Å². The number of allylic oxidation sites excluding steroid dienone is 1. The fourth-order valence-electron chi connectivity index (χ4n) is 1.83. The zero-order valence-corrected chi connectivity index (χ0v) is 13.4. The minimum atomic E-state index is 0.547. The van der Waals surface area contributed by atoms with Gasteiger partial charge in [-0.05, 0) is 44.1 Å². The highest BCUT2D eigenvalue weighted by atomic mass is 79.9. The van der Waals surface area contributed by atoms with Crippen molar-refractivity contribution in [2.24, 2.45) is 0 Å². The van der Waals surface area contributed by atoms with Crippen molar-refractivity contribution in [2.75, 3.05) is 19.5 Å². The Labute approximate surface area is 131 Å². The van der Waals surface area contributed by atoms with Crippen LogP contribution in [-0.4, -0.2) is 34.4 Å². The van der Waals surface area contributed by atoms with Crippen molar-refractivity contribution in [3.8, 4) is 11.5 Å². The van der Waals surface area contributed by atoms with Gasteiger partial charge in [-0.1, -0.05) is 11.2 Å². The lowest BCUT2D eigenvalue weighted by Crippen LogP contribution is -2.08. The highest BCUT2D eigenvalue weighted by molar-refractivity contribution is 9.10. The van der Waals surface area contributed by atoms with Gasteiger partial charge < -0.3 is 14.8 Å². The lowest BCUT2D eigenvalue weighted by molar-refractivity contribution is 0.352. The molecule has 1 heterocycles. The number of rotatable bonds is 7.